The Bertz CT molecular complexity index is 714. The van der Waals surface area contributed by atoms with Crippen molar-refractivity contribution < 1.29 is 14.3 Å². The molecule has 24 heavy (non-hydrogen) atoms. The van der Waals surface area contributed by atoms with Crippen LogP contribution >= 0.6 is 0 Å². The third-order valence-corrected chi connectivity index (χ3v) is 3.35. The maximum absolute atomic E-state index is 12.3. The van der Waals surface area contributed by atoms with Crippen molar-refractivity contribution in [3.8, 4) is 5.75 Å². The fraction of sp³-hybridized carbons (Fsp3) is 0.222. The molecule has 1 atom stereocenters. The first-order valence-electron chi connectivity index (χ1n) is 7.57. The van der Waals surface area contributed by atoms with E-state index in [9.17, 15) is 9.59 Å². The van der Waals surface area contributed by atoms with Crippen molar-refractivity contribution in [3.05, 3.63) is 48.5 Å². The summed E-state index contributed by atoms with van der Waals surface area (Å²) in [5, 5.41) is 8.63. The van der Waals surface area contributed by atoms with Gasteiger partial charge in [0.25, 0.3) is 0 Å². The minimum atomic E-state index is -0.448. The van der Waals surface area contributed by atoms with Gasteiger partial charge < -0.3 is 20.7 Å². The highest BCUT2D eigenvalue weighted by molar-refractivity contribution is 5.97. The lowest BCUT2D eigenvalue weighted by atomic mass is 10.2. The first-order chi connectivity index (χ1) is 11.5. The van der Waals surface area contributed by atoms with Crippen LogP contribution in [0.25, 0.3) is 0 Å². The molecule has 0 aliphatic carbocycles. The van der Waals surface area contributed by atoms with Crippen molar-refractivity contribution in [3.63, 3.8) is 0 Å². The van der Waals surface area contributed by atoms with Crippen LogP contribution in [0.2, 0.25) is 0 Å². The van der Waals surface area contributed by atoms with Crippen LogP contribution in [0.4, 0.5) is 17.1 Å². The summed E-state index contributed by atoms with van der Waals surface area (Å²) in [6.07, 6.45) is 0. The van der Waals surface area contributed by atoms with E-state index in [4.69, 9.17) is 4.74 Å². The third-order valence-electron chi connectivity index (χ3n) is 3.35. The predicted octanol–water partition coefficient (Wildman–Crippen LogP) is 3.09. The quantitative estimate of drug-likeness (QED) is 0.762. The molecule has 0 fully saturated rings. The fourth-order valence-electron chi connectivity index (χ4n) is 2.15. The Morgan fingerprint density at radius 3 is 2.12 bits per heavy atom. The maximum Gasteiger partial charge on any atom is 0.246 e. The lowest BCUT2D eigenvalue weighted by molar-refractivity contribution is -0.116. The summed E-state index contributed by atoms with van der Waals surface area (Å²) >= 11 is 0. The molecule has 0 aromatic heterocycles. The average Bonchev–Trinajstić information content (AvgIpc) is 2.56. The van der Waals surface area contributed by atoms with Gasteiger partial charge in [-0.05, 0) is 43.3 Å². The van der Waals surface area contributed by atoms with Gasteiger partial charge in [0.05, 0.1) is 12.8 Å². The number of hydrogen-bond donors (Lipinski definition) is 3. The van der Waals surface area contributed by atoms with E-state index in [1.54, 1.807) is 38.3 Å². The second-order valence-corrected chi connectivity index (χ2v) is 5.31. The molecule has 126 valence electrons. The number of ether oxygens (including phenoxy) is 1. The van der Waals surface area contributed by atoms with Gasteiger partial charge >= 0.3 is 0 Å². The summed E-state index contributed by atoms with van der Waals surface area (Å²) in [6, 6.07) is 13.9. The van der Waals surface area contributed by atoms with Crippen molar-refractivity contribution in [2.24, 2.45) is 0 Å². The highest BCUT2D eigenvalue weighted by Gasteiger charge is 2.14. The zero-order valence-electron chi connectivity index (χ0n) is 13.9. The molecule has 3 N–H and O–H groups in total. The fourth-order valence-corrected chi connectivity index (χ4v) is 2.15. The largest absolute Gasteiger partial charge is 0.495 e. The van der Waals surface area contributed by atoms with E-state index in [0.717, 1.165) is 5.69 Å². The van der Waals surface area contributed by atoms with Crippen LogP contribution in [0.1, 0.15) is 13.8 Å². The van der Waals surface area contributed by atoms with Gasteiger partial charge in [-0.25, -0.2) is 0 Å². The molecule has 6 heteroatoms. The number of carbonyl (C=O) groups excluding carboxylic acids is 2. The number of rotatable bonds is 6. The zero-order valence-corrected chi connectivity index (χ0v) is 13.9. The van der Waals surface area contributed by atoms with Crippen molar-refractivity contribution in [2.45, 2.75) is 19.9 Å². The lowest BCUT2D eigenvalue weighted by Gasteiger charge is -2.17. The summed E-state index contributed by atoms with van der Waals surface area (Å²) in [4.78, 5) is 23.3. The molecular formula is C18H21N3O3. The first kappa shape index (κ1) is 17.3. The van der Waals surface area contributed by atoms with E-state index in [1.165, 1.54) is 6.92 Å². The van der Waals surface area contributed by atoms with E-state index >= 15 is 0 Å². The maximum atomic E-state index is 12.3. The Balaban J connectivity index is 1.97. The van der Waals surface area contributed by atoms with Gasteiger partial charge in [-0.2, -0.15) is 0 Å². The van der Waals surface area contributed by atoms with Gasteiger partial charge in [-0.3, -0.25) is 9.59 Å². The Labute approximate surface area is 141 Å². The summed E-state index contributed by atoms with van der Waals surface area (Å²) in [5.74, 6) is 0.367. The van der Waals surface area contributed by atoms with Crippen molar-refractivity contribution in [1.82, 2.24) is 0 Å². The molecule has 0 aliphatic rings. The molecule has 0 bridgehead atoms. The topological polar surface area (TPSA) is 79.5 Å². The van der Waals surface area contributed by atoms with Crippen LogP contribution in [0, 0.1) is 0 Å². The van der Waals surface area contributed by atoms with Gasteiger partial charge in [0, 0.05) is 18.3 Å². The number of anilines is 3. The summed E-state index contributed by atoms with van der Waals surface area (Å²) in [7, 11) is 1.59. The van der Waals surface area contributed by atoms with E-state index in [1.807, 2.05) is 24.3 Å². The first-order valence-corrected chi connectivity index (χ1v) is 7.57. The van der Waals surface area contributed by atoms with Crippen molar-refractivity contribution >= 4 is 28.9 Å². The van der Waals surface area contributed by atoms with Crippen LogP contribution in [-0.4, -0.2) is 25.0 Å². The zero-order chi connectivity index (χ0) is 17.5. The minimum Gasteiger partial charge on any atom is -0.495 e. The van der Waals surface area contributed by atoms with Gasteiger partial charge in [0.1, 0.15) is 11.8 Å². The molecule has 0 spiro atoms. The van der Waals surface area contributed by atoms with Crippen LogP contribution in [0.3, 0.4) is 0 Å². The Morgan fingerprint density at radius 2 is 1.54 bits per heavy atom. The summed E-state index contributed by atoms with van der Waals surface area (Å²) in [5.41, 5.74) is 2.09. The standard InChI is InChI=1S/C18H21N3O3/c1-12(19-16-6-4-5-7-17(16)24-3)18(23)21-15-10-8-14(9-11-15)20-13(2)22/h4-12,19H,1-3H3,(H,20,22)(H,21,23)/t12-/m0/s1. The van der Waals surface area contributed by atoms with Gasteiger partial charge in [0.2, 0.25) is 11.8 Å². The van der Waals surface area contributed by atoms with Crippen LogP contribution in [0.5, 0.6) is 5.75 Å². The Hall–Kier alpha value is -3.02. The molecule has 0 unspecified atom stereocenters. The molecule has 2 amide bonds. The molecule has 0 saturated heterocycles. The molecule has 2 aromatic carbocycles. The van der Waals surface area contributed by atoms with E-state index < -0.39 is 6.04 Å². The van der Waals surface area contributed by atoms with Crippen molar-refractivity contribution in [1.29, 1.82) is 0 Å². The Kier molecular flexibility index (Phi) is 5.78. The Morgan fingerprint density at radius 1 is 0.958 bits per heavy atom. The van der Waals surface area contributed by atoms with Crippen LogP contribution < -0.4 is 20.7 Å². The predicted molar refractivity (Wildman–Crippen MR) is 95.5 cm³/mol. The molecular weight excluding hydrogens is 306 g/mol. The number of methoxy groups -OCH3 is 1. The van der Waals surface area contributed by atoms with Crippen LogP contribution in [0.15, 0.2) is 48.5 Å². The summed E-state index contributed by atoms with van der Waals surface area (Å²) < 4.78 is 5.26. The van der Waals surface area contributed by atoms with Gasteiger partial charge in [-0.1, -0.05) is 12.1 Å². The highest BCUT2D eigenvalue weighted by atomic mass is 16.5. The number of carbonyl (C=O) groups is 2. The third kappa shape index (κ3) is 4.74. The molecule has 6 nitrogen and oxygen atoms in total. The highest BCUT2D eigenvalue weighted by Crippen LogP contribution is 2.24. The second-order valence-electron chi connectivity index (χ2n) is 5.31. The number of benzene rings is 2. The normalized spacial score (nSPS) is 11.3. The molecule has 2 aromatic rings. The van der Waals surface area contributed by atoms with E-state index in [-0.39, 0.29) is 11.8 Å². The smallest absolute Gasteiger partial charge is 0.246 e. The summed E-state index contributed by atoms with van der Waals surface area (Å²) in [6.45, 7) is 3.22. The number of nitrogens with one attached hydrogen (secondary N) is 3. The monoisotopic (exact) mass is 327 g/mol. The lowest BCUT2D eigenvalue weighted by Crippen LogP contribution is -2.32. The molecule has 0 radical (unpaired) electrons. The molecule has 0 heterocycles. The van der Waals surface area contributed by atoms with E-state index in [0.29, 0.717) is 17.1 Å². The number of para-hydroxylation sites is 2. The number of hydrogen-bond acceptors (Lipinski definition) is 4. The molecule has 0 aliphatic heterocycles. The SMILES string of the molecule is COc1ccccc1N[C@@H](C)C(=O)Nc1ccc(NC(C)=O)cc1. The molecule has 2 rings (SSSR count). The van der Waals surface area contributed by atoms with Gasteiger partial charge in [-0.15, -0.1) is 0 Å². The van der Waals surface area contributed by atoms with Gasteiger partial charge in [0.15, 0.2) is 0 Å². The second kappa shape index (κ2) is 8.01. The molecule has 0 saturated carbocycles. The van der Waals surface area contributed by atoms with Crippen molar-refractivity contribution in [2.75, 3.05) is 23.1 Å². The van der Waals surface area contributed by atoms with E-state index in [2.05, 4.69) is 16.0 Å². The minimum absolute atomic E-state index is 0.138. The average molecular weight is 327 g/mol. The van der Waals surface area contributed by atoms with Crippen LogP contribution in [-0.2, 0) is 9.59 Å². The number of amides is 2.